The highest BCUT2D eigenvalue weighted by atomic mass is 35.5. The first-order chi connectivity index (χ1) is 7.67. The lowest BCUT2D eigenvalue weighted by molar-refractivity contribution is -0.145. The number of carbonyl (C=O) groups is 1. The van der Waals surface area contributed by atoms with Crippen LogP contribution < -0.4 is 5.32 Å². The predicted molar refractivity (Wildman–Crippen MR) is 64.6 cm³/mol. The molecule has 0 aliphatic heterocycles. The Morgan fingerprint density at radius 1 is 1.44 bits per heavy atom. The van der Waals surface area contributed by atoms with Gasteiger partial charge < -0.3 is 10.1 Å². The highest BCUT2D eigenvalue weighted by Crippen LogP contribution is 2.11. The van der Waals surface area contributed by atoms with Crippen molar-refractivity contribution in [1.82, 2.24) is 5.32 Å². The molecule has 0 aromatic heterocycles. The fourth-order valence-corrected chi connectivity index (χ4v) is 1.53. The Labute approximate surface area is 101 Å². The molecule has 0 aliphatic rings. The summed E-state index contributed by atoms with van der Waals surface area (Å²) in [5.41, 5.74) is 1.05. The van der Waals surface area contributed by atoms with Crippen molar-refractivity contribution in [2.24, 2.45) is 0 Å². The van der Waals surface area contributed by atoms with Crippen molar-refractivity contribution in [2.45, 2.75) is 19.4 Å². The highest BCUT2D eigenvalue weighted by molar-refractivity contribution is 6.30. The molecular formula is C12H16ClNO2. The van der Waals surface area contributed by atoms with Gasteiger partial charge in [-0.2, -0.15) is 0 Å². The maximum absolute atomic E-state index is 11.5. The van der Waals surface area contributed by atoms with Crippen LogP contribution in [-0.4, -0.2) is 25.7 Å². The molecule has 0 aliphatic carbocycles. The fraction of sp³-hybridized carbons (Fsp3) is 0.417. The van der Waals surface area contributed by atoms with Crippen LogP contribution in [-0.2, 0) is 16.0 Å². The summed E-state index contributed by atoms with van der Waals surface area (Å²) in [6.07, 6.45) is 0.604. The lowest BCUT2D eigenvalue weighted by Crippen LogP contribution is -2.37. The molecule has 1 N–H and O–H groups in total. The van der Waals surface area contributed by atoms with Gasteiger partial charge in [-0.15, -0.1) is 0 Å². The zero-order chi connectivity index (χ0) is 12.0. The molecule has 1 rings (SSSR count). The number of esters is 1. The van der Waals surface area contributed by atoms with Crippen LogP contribution in [0.1, 0.15) is 12.5 Å². The van der Waals surface area contributed by atoms with E-state index in [4.69, 9.17) is 16.3 Å². The van der Waals surface area contributed by atoms with Crippen LogP contribution >= 0.6 is 11.6 Å². The number of hydrogen-bond acceptors (Lipinski definition) is 3. The summed E-state index contributed by atoms with van der Waals surface area (Å²) in [7, 11) is 1.75. The van der Waals surface area contributed by atoms with Gasteiger partial charge in [-0.05, 0) is 38.1 Å². The van der Waals surface area contributed by atoms with E-state index in [-0.39, 0.29) is 12.0 Å². The Morgan fingerprint density at radius 3 is 2.56 bits per heavy atom. The number of benzene rings is 1. The molecule has 88 valence electrons. The van der Waals surface area contributed by atoms with Gasteiger partial charge in [-0.1, -0.05) is 23.7 Å². The summed E-state index contributed by atoms with van der Waals surface area (Å²) in [6, 6.07) is 7.14. The minimum Gasteiger partial charge on any atom is -0.465 e. The van der Waals surface area contributed by atoms with Crippen molar-refractivity contribution in [3.05, 3.63) is 34.9 Å². The second-order valence-corrected chi connectivity index (χ2v) is 3.86. The molecule has 0 bridgehead atoms. The minimum absolute atomic E-state index is 0.222. The fourth-order valence-electron chi connectivity index (χ4n) is 1.40. The van der Waals surface area contributed by atoms with Gasteiger partial charge in [0.25, 0.3) is 0 Å². The van der Waals surface area contributed by atoms with Gasteiger partial charge in [0.15, 0.2) is 0 Å². The summed E-state index contributed by atoms with van der Waals surface area (Å²) >= 11 is 5.79. The van der Waals surface area contributed by atoms with E-state index in [1.807, 2.05) is 24.3 Å². The molecule has 1 aromatic carbocycles. The molecule has 1 atom stereocenters. The molecule has 0 fully saturated rings. The van der Waals surface area contributed by atoms with Crippen LogP contribution in [0.15, 0.2) is 24.3 Å². The van der Waals surface area contributed by atoms with E-state index in [0.717, 1.165) is 5.56 Å². The van der Waals surface area contributed by atoms with Gasteiger partial charge in [-0.3, -0.25) is 4.79 Å². The zero-order valence-electron chi connectivity index (χ0n) is 9.50. The number of likely N-dealkylation sites (N-methyl/N-ethyl adjacent to an activating group) is 1. The summed E-state index contributed by atoms with van der Waals surface area (Å²) in [5, 5.41) is 3.64. The lowest BCUT2D eigenvalue weighted by Gasteiger charge is -2.14. The molecular weight excluding hydrogens is 226 g/mol. The van der Waals surface area contributed by atoms with E-state index in [9.17, 15) is 4.79 Å². The number of rotatable bonds is 5. The molecule has 1 aromatic rings. The Balaban J connectivity index is 2.62. The van der Waals surface area contributed by atoms with Crippen LogP contribution in [0.4, 0.5) is 0 Å². The van der Waals surface area contributed by atoms with E-state index in [1.165, 1.54) is 0 Å². The minimum atomic E-state index is -0.305. The van der Waals surface area contributed by atoms with Gasteiger partial charge in [0.05, 0.1) is 6.61 Å². The number of nitrogens with one attached hydrogen (secondary N) is 1. The first kappa shape index (κ1) is 13.0. The summed E-state index contributed by atoms with van der Waals surface area (Å²) in [4.78, 5) is 11.5. The Bertz CT molecular complexity index is 337. The monoisotopic (exact) mass is 241 g/mol. The van der Waals surface area contributed by atoms with Crippen molar-refractivity contribution >= 4 is 17.6 Å². The molecule has 0 saturated heterocycles. The van der Waals surface area contributed by atoms with Crippen LogP contribution in [0, 0.1) is 0 Å². The maximum Gasteiger partial charge on any atom is 0.323 e. The third kappa shape index (κ3) is 3.83. The van der Waals surface area contributed by atoms with Crippen molar-refractivity contribution in [3.63, 3.8) is 0 Å². The van der Waals surface area contributed by atoms with Crippen molar-refractivity contribution < 1.29 is 9.53 Å². The van der Waals surface area contributed by atoms with Crippen LogP contribution in [0.2, 0.25) is 5.02 Å². The second kappa shape index (κ2) is 6.51. The highest BCUT2D eigenvalue weighted by Gasteiger charge is 2.17. The first-order valence-electron chi connectivity index (χ1n) is 5.25. The number of hydrogen-bond donors (Lipinski definition) is 1. The van der Waals surface area contributed by atoms with Crippen molar-refractivity contribution in [1.29, 1.82) is 0 Å². The second-order valence-electron chi connectivity index (χ2n) is 3.42. The Kier molecular flexibility index (Phi) is 5.29. The van der Waals surface area contributed by atoms with Gasteiger partial charge in [0.1, 0.15) is 6.04 Å². The largest absolute Gasteiger partial charge is 0.465 e. The first-order valence-corrected chi connectivity index (χ1v) is 5.63. The van der Waals surface area contributed by atoms with Gasteiger partial charge in [0.2, 0.25) is 0 Å². The summed E-state index contributed by atoms with van der Waals surface area (Å²) < 4.78 is 4.96. The molecule has 1 unspecified atom stereocenters. The van der Waals surface area contributed by atoms with Gasteiger partial charge >= 0.3 is 5.97 Å². The van der Waals surface area contributed by atoms with E-state index in [0.29, 0.717) is 18.1 Å². The summed E-state index contributed by atoms with van der Waals surface area (Å²) in [6.45, 7) is 2.20. The number of ether oxygens (including phenoxy) is 1. The molecule has 0 saturated carbocycles. The Morgan fingerprint density at radius 2 is 2.06 bits per heavy atom. The molecule has 4 heteroatoms. The number of carbonyl (C=O) groups excluding carboxylic acids is 1. The third-order valence-electron chi connectivity index (χ3n) is 2.27. The maximum atomic E-state index is 11.5. The third-order valence-corrected chi connectivity index (χ3v) is 2.52. The quantitative estimate of drug-likeness (QED) is 0.802. The normalized spacial score (nSPS) is 12.2. The van der Waals surface area contributed by atoms with E-state index >= 15 is 0 Å². The van der Waals surface area contributed by atoms with Crippen LogP contribution in [0.3, 0.4) is 0 Å². The predicted octanol–water partition coefficient (Wildman–Crippen LogP) is 2.03. The average Bonchev–Trinajstić information content (AvgIpc) is 2.28. The molecule has 0 radical (unpaired) electrons. The van der Waals surface area contributed by atoms with Crippen molar-refractivity contribution in [3.8, 4) is 0 Å². The van der Waals surface area contributed by atoms with Crippen LogP contribution in [0.5, 0.6) is 0 Å². The molecule has 0 spiro atoms. The van der Waals surface area contributed by atoms with E-state index < -0.39 is 0 Å². The van der Waals surface area contributed by atoms with Crippen LogP contribution in [0.25, 0.3) is 0 Å². The molecule has 16 heavy (non-hydrogen) atoms. The standard InChI is InChI=1S/C12H16ClNO2/c1-3-16-12(15)11(14-2)8-9-4-6-10(13)7-5-9/h4-7,11,14H,3,8H2,1-2H3. The van der Waals surface area contributed by atoms with Gasteiger partial charge in [0, 0.05) is 5.02 Å². The topological polar surface area (TPSA) is 38.3 Å². The van der Waals surface area contributed by atoms with E-state index in [1.54, 1.807) is 14.0 Å². The summed E-state index contributed by atoms with van der Waals surface area (Å²) in [5.74, 6) is -0.222. The average molecular weight is 242 g/mol. The van der Waals surface area contributed by atoms with E-state index in [2.05, 4.69) is 5.32 Å². The molecule has 0 amide bonds. The SMILES string of the molecule is CCOC(=O)C(Cc1ccc(Cl)cc1)NC. The molecule has 3 nitrogen and oxygen atoms in total. The smallest absolute Gasteiger partial charge is 0.323 e. The zero-order valence-corrected chi connectivity index (χ0v) is 10.3. The van der Waals surface area contributed by atoms with Crippen molar-refractivity contribution in [2.75, 3.05) is 13.7 Å². The van der Waals surface area contributed by atoms with Gasteiger partial charge in [-0.25, -0.2) is 0 Å². The number of halogens is 1. The molecule has 0 heterocycles. The lowest BCUT2D eigenvalue weighted by atomic mass is 10.1. The Hall–Kier alpha value is -1.06.